The quantitative estimate of drug-likeness (QED) is 0.240. The van der Waals surface area contributed by atoms with Crippen LogP contribution in [0.3, 0.4) is 0 Å². The summed E-state index contributed by atoms with van der Waals surface area (Å²) in [7, 11) is 0. The molecule has 0 bridgehead atoms. The number of likely N-dealkylation sites (tertiary alicyclic amines) is 1. The van der Waals surface area contributed by atoms with Crippen LogP contribution in [0.25, 0.3) is 0 Å². The molecule has 4 rings (SSSR count). The monoisotopic (exact) mass is 514 g/mol. The third-order valence-electron chi connectivity index (χ3n) is 7.41. The summed E-state index contributed by atoms with van der Waals surface area (Å²) in [6, 6.07) is 28.8. The third-order valence-corrected chi connectivity index (χ3v) is 7.84. The fraction of sp³-hybridized carbons (Fsp3) is 0.344. The van der Waals surface area contributed by atoms with E-state index in [0.717, 1.165) is 42.6 Å². The van der Waals surface area contributed by atoms with E-state index in [1.54, 1.807) is 6.08 Å². The molecule has 3 aromatic carbocycles. The fourth-order valence-corrected chi connectivity index (χ4v) is 5.15. The van der Waals surface area contributed by atoms with E-state index in [1.807, 2.05) is 54.6 Å². The first-order valence-corrected chi connectivity index (χ1v) is 13.2. The Morgan fingerprint density at radius 1 is 0.973 bits per heavy atom. The van der Waals surface area contributed by atoms with Gasteiger partial charge in [-0.3, -0.25) is 4.90 Å². The van der Waals surface area contributed by atoms with E-state index in [1.165, 1.54) is 0 Å². The van der Waals surface area contributed by atoms with E-state index in [9.17, 15) is 5.26 Å². The van der Waals surface area contributed by atoms with Crippen LogP contribution in [-0.4, -0.2) is 36.2 Å². The highest BCUT2D eigenvalue weighted by atomic mass is 35.5. The minimum absolute atomic E-state index is 0.0678. The van der Waals surface area contributed by atoms with Crippen molar-refractivity contribution in [2.24, 2.45) is 0 Å². The summed E-state index contributed by atoms with van der Waals surface area (Å²) in [5.41, 5.74) is 2.25. The number of hydrogen-bond acceptors (Lipinski definition) is 4. The van der Waals surface area contributed by atoms with Crippen molar-refractivity contribution >= 4 is 11.6 Å². The molecule has 0 radical (unpaired) electrons. The second kappa shape index (κ2) is 12.0. The van der Waals surface area contributed by atoms with Gasteiger partial charge in [-0.15, -0.1) is 0 Å². The van der Waals surface area contributed by atoms with Gasteiger partial charge in [-0.05, 0) is 43.9 Å². The number of benzene rings is 3. The van der Waals surface area contributed by atoms with Gasteiger partial charge < -0.3 is 9.47 Å². The summed E-state index contributed by atoms with van der Waals surface area (Å²) in [4.78, 5) is 2.45. The average molecular weight is 515 g/mol. The normalized spacial score (nSPS) is 14.5. The molecule has 37 heavy (non-hydrogen) atoms. The Labute approximate surface area is 226 Å². The molecule has 4 nitrogen and oxygen atoms in total. The highest BCUT2D eigenvalue weighted by molar-refractivity contribution is 6.32. The zero-order valence-electron chi connectivity index (χ0n) is 21.7. The van der Waals surface area contributed by atoms with Gasteiger partial charge in [0.05, 0.1) is 23.8 Å². The molecule has 1 fully saturated rings. The molecule has 1 heterocycles. The predicted molar refractivity (Wildman–Crippen MR) is 150 cm³/mol. The topological polar surface area (TPSA) is 45.5 Å². The first kappa shape index (κ1) is 26.9. The number of halogens is 1. The molecule has 1 aliphatic rings. The molecule has 0 aromatic heterocycles. The van der Waals surface area contributed by atoms with E-state index < -0.39 is 5.41 Å². The van der Waals surface area contributed by atoms with Crippen LogP contribution >= 0.6 is 11.6 Å². The lowest BCUT2D eigenvalue weighted by molar-refractivity contribution is -0.102. The van der Waals surface area contributed by atoms with Crippen LogP contribution in [0.5, 0.6) is 5.75 Å². The molecule has 5 heteroatoms. The summed E-state index contributed by atoms with van der Waals surface area (Å²) in [6.07, 6.45) is 3.47. The van der Waals surface area contributed by atoms with Gasteiger partial charge in [0.15, 0.2) is 0 Å². The molecular formula is C32H35ClN2O2. The van der Waals surface area contributed by atoms with Gasteiger partial charge in [0.1, 0.15) is 17.8 Å². The van der Waals surface area contributed by atoms with Crippen molar-refractivity contribution in [2.75, 3.05) is 19.7 Å². The molecule has 0 atom stereocenters. The lowest BCUT2D eigenvalue weighted by Gasteiger charge is -2.49. The summed E-state index contributed by atoms with van der Waals surface area (Å²) in [5, 5.41) is 11.1. The van der Waals surface area contributed by atoms with Crippen LogP contribution in [0.1, 0.15) is 43.4 Å². The van der Waals surface area contributed by atoms with E-state index in [4.69, 9.17) is 21.1 Å². The summed E-state index contributed by atoms with van der Waals surface area (Å²) in [6.45, 7) is 10.8. The highest BCUT2D eigenvalue weighted by Gasteiger charge is 2.41. The molecule has 3 aromatic rings. The summed E-state index contributed by atoms with van der Waals surface area (Å²) < 4.78 is 11.8. The SMILES string of the molecule is C=CCOc1cccc(COC2CN(C(C)(C)CCC(C#N)(c3ccccc3)c3ccccc3)C2)c1Cl. The second-order valence-electron chi connectivity index (χ2n) is 10.2. The predicted octanol–water partition coefficient (Wildman–Crippen LogP) is 7.17. The third kappa shape index (κ3) is 6.08. The Morgan fingerprint density at radius 2 is 1.59 bits per heavy atom. The Balaban J connectivity index is 1.37. The first-order valence-electron chi connectivity index (χ1n) is 12.8. The zero-order valence-corrected chi connectivity index (χ0v) is 22.5. The van der Waals surface area contributed by atoms with Crippen molar-refractivity contribution in [3.63, 3.8) is 0 Å². The number of rotatable bonds is 12. The molecule has 0 unspecified atom stereocenters. The molecule has 0 spiro atoms. The van der Waals surface area contributed by atoms with E-state index in [0.29, 0.717) is 24.0 Å². The Kier molecular flexibility index (Phi) is 8.71. The molecule has 0 N–H and O–H groups in total. The molecule has 1 saturated heterocycles. The van der Waals surface area contributed by atoms with Crippen molar-refractivity contribution in [3.8, 4) is 11.8 Å². The minimum Gasteiger partial charge on any atom is -0.488 e. The van der Waals surface area contributed by atoms with Crippen molar-refractivity contribution in [1.29, 1.82) is 5.26 Å². The average Bonchev–Trinajstić information content (AvgIpc) is 2.89. The Hall–Kier alpha value is -3.10. The Morgan fingerprint density at radius 3 is 2.16 bits per heavy atom. The first-order chi connectivity index (χ1) is 17.9. The maximum absolute atomic E-state index is 10.5. The van der Waals surface area contributed by atoms with Crippen LogP contribution in [0.2, 0.25) is 5.02 Å². The van der Waals surface area contributed by atoms with Gasteiger partial charge in [0.2, 0.25) is 0 Å². The Bertz CT molecular complexity index is 1180. The number of nitriles is 1. The van der Waals surface area contributed by atoms with Gasteiger partial charge in [-0.2, -0.15) is 5.26 Å². The molecule has 192 valence electrons. The van der Waals surface area contributed by atoms with Crippen molar-refractivity contribution in [3.05, 3.63) is 113 Å². The van der Waals surface area contributed by atoms with Crippen LogP contribution < -0.4 is 4.74 Å². The zero-order chi connectivity index (χ0) is 26.3. The van der Waals surface area contributed by atoms with Gasteiger partial charge in [-0.25, -0.2) is 0 Å². The van der Waals surface area contributed by atoms with Gasteiger partial charge >= 0.3 is 0 Å². The van der Waals surface area contributed by atoms with Gasteiger partial charge in [0, 0.05) is 24.2 Å². The molecule has 0 aliphatic carbocycles. The fourth-order valence-electron chi connectivity index (χ4n) is 4.91. The molecule has 0 amide bonds. The highest BCUT2D eigenvalue weighted by Crippen LogP contribution is 2.40. The van der Waals surface area contributed by atoms with Crippen LogP contribution in [0.15, 0.2) is 91.5 Å². The van der Waals surface area contributed by atoms with Gasteiger partial charge in [-0.1, -0.05) is 97.1 Å². The van der Waals surface area contributed by atoms with Crippen LogP contribution in [-0.2, 0) is 16.8 Å². The maximum Gasteiger partial charge on any atom is 0.138 e. The molecule has 0 saturated carbocycles. The maximum atomic E-state index is 10.5. The second-order valence-corrected chi connectivity index (χ2v) is 10.6. The standard InChI is InChI=1S/C32H35ClN2O2/c1-4-20-36-29-17-11-12-25(30(29)33)23-37-28-21-35(22-28)31(2,3)18-19-32(24-34,26-13-7-5-8-14-26)27-15-9-6-10-16-27/h4-17,28H,1,18-23H2,2-3H3. The largest absolute Gasteiger partial charge is 0.488 e. The summed E-state index contributed by atoms with van der Waals surface area (Å²) >= 11 is 6.51. The molecular weight excluding hydrogens is 480 g/mol. The van der Waals surface area contributed by atoms with Crippen molar-refractivity contribution in [2.45, 2.75) is 50.4 Å². The van der Waals surface area contributed by atoms with E-state index in [-0.39, 0.29) is 11.6 Å². The van der Waals surface area contributed by atoms with Gasteiger partial charge in [0.25, 0.3) is 0 Å². The van der Waals surface area contributed by atoms with E-state index >= 15 is 0 Å². The van der Waals surface area contributed by atoms with Crippen LogP contribution in [0, 0.1) is 11.3 Å². The number of hydrogen-bond donors (Lipinski definition) is 0. The lowest BCUT2D eigenvalue weighted by Crippen LogP contribution is -2.60. The number of nitrogens with zero attached hydrogens (tertiary/aromatic N) is 2. The minimum atomic E-state index is -0.685. The number of ether oxygens (including phenoxy) is 2. The van der Waals surface area contributed by atoms with Crippen molar-refractivity contribution in [1.82, 2.24) is 4.90 Å². The lowest BCUT2D eigenvalue weighted by atomic mass is 9.70. The molecule has 1 aliphatic heterocycles. The van der Waals surface area contributed by atoms with E-state index in [2.05, 4.69) is 55.7 Å². The van der Waals surface area contributed by atoms with Crippen molar-refractivity contribution < 1.29 is 9.47 Å². The van der Waals surface area contributed by atoms with Crippen LogP contribution in [0.4, 0.5) is 0 Å². The summed E-state index contributed by atoms with van der Waals surface area (Å²) in [5.74, 6) is 0.650. The smallest absolute Gasteiger partial charge is 0.138 e.